The molecule has 5 rings (SSSR count). The maximum Gasteiger partial charge on any atom is 0.253 e. The largest absolute Gasteiger partial charge is 0.497 e. The molecule has 0 bridgehead atoms. The number of imidazole rings is 1. The molecule has 1 amide bonds. The third-order valence-corrected chi connectivity index (χ3v) is 6.38. The molecule has 7 heteroatoms. The number of benzene rings is 2. The number of H-pyrrole nitrogens is 1. The van der Waals surface area contributed by atoms with Crippen LogP contribution in [-0.2, 0) is 6.42 Å². The predicted molar refractivity (Wildman–Crippen MR) is 123 cm³/mol. The lowest BCUT2D eigenvalue weighted by Gasteiger charge is -2.17. The third kappa shape index (κ3) is 4.07. The number of nitrogens with zero attached hydrogens (tertiary/aromatic N) is 3. The maximum atomic E-state index is 13.0. The Morgan fingerprint density at radius 3 is 2.75 bits per heavy atom. The molecule has 1 aliphatic carbocycles. The number of carbonyl (C=O) groups excluding carboxylic acids is 1. The van der Waals surface area contributed by atoms with Crippen molar-refractivity contribution in [3.8, 4) is 5.75 Å². The molecule has 1 fully saturated rings. The van der Waals surface area contributed by atoms with Gasteiger partial charge in [-0.25, -0.2) is 9.97 Å². The summed E-state index contributed by atoms with van der Waals surface area (Å²) in [5.74, 6) is 2.81. The molecule has 1 saturated carbocycles. The Hall–Kier alpha value is -3.35. The van der Waals surface area contributed by atoms with Gasteiger partial charge in [0.05, 0.1) is 18.1 Å². The van der Waals surface area contributed by atoms with Crippen molar-refractivity contribution in [3.05, 3.63) is 53.7 Å². The van der Waals surface area contributed by atoms with E-state index < -0.39 is 0 Å². The zero-order chi connectivity index (χ0) is 22.1. The van der Waals surface area contributed by atoms with Crippen LogP contribution < -0.4 is 4.74 Å². The summed E-state index contributed by atoms with van der Waals surface area (Å²) in [6.45, 7) is 0.553. The summed E-state index contributed by atoms with van der Waals surface area (Å²) in [4.78, 5) is 27.3. The van der Waals surface area contributed by atoms with E-state index in [0.717, 1.165) is 46.9 Å². The molecule has 166 valence electrons. The first kappa shape index (κ1) is 20.5. The SMILES string of the molecule is COc1ccc2nc(CCN(C)C(=O)c3ccc4nc(C5CCCCC5)oc4c3)[nH]c2c1. The second-order valence-electron chi connectivity index (χ2n) is 8.61. The van der Waals surface area contributed by atoms with Gasteiger partial charge in [0.1, 0.15) is 17.1 Å². The van der Waals surface area contributed by atoms with Crippen molar-refractivity contribution in [2.45, 2.75) is 44.4 Å². The highest BCUT2D eigenvalue weighted by atomic mass is 16.5. The van der Waals surface area contributed by atoms with Crippen molar-refractivity contribution in [1.82, 2.24) is 19.9 Å². The Balaban J connectivity index is 1.26. The van der Waals surface area contributed by atoms with E-state index in [4.69, 9.17) is 9.15 Å². The molecular formula is C25H28N4O3. The van der Waals surface area contributed by atoms with E-state index >= 15 is 0 Å². The molecule has 2 heterocycles. The van der Waals surface area contributed by atoms with Gasteiger partial charge in [-0.1, -0.05) is 19.3 Å². The minimum absolute atomic E-state index is 0.0414. The Morgan fingerprint density at radius 2 is 1.94 bits per heavy atom. The molecule has 0 saturated heterocycles. The normalized spacial score (nSPS) is 14.8. The molecule has 0 unspecified atom stereocenters. The molecule has 0 spiro atoms. The van der Waals surface area contributed by atoms with Crippen LogP contribution in [0.5, 0.6) is 5.75 Å². The van der Waals surface area contributed by atoms with Crippen LogP contribution in [0.2, 0.25) is 0 Å². The molecule has 2 aromatic heterocycles. The molecule has 1 N–H and O–H groups in total. The van der Waals surface area contributed by atoms with Crippen LogP contribution in [0, 0.1) is 0 Å². The van der Waals surface area contributed by atoms with Gasteiger partial charge in [0.25, 0.3) is 5.91 Å². The number of aromatic amines is 1. The number of amides is 1. The van der Waals surface area contributed by atoms with E-state index in [9.17, 15) is 4.79 Å². The highest BCUT2D eigenvalue weighted by Crippen LogP contribution is 2.34. The fraction of sp³-hybridized carbons (Fsp3) is 0.400. The average molecular weight is 433 g/mol. The zero-order valence-electron chi connectivity index (χ0n) is 18.6. The summed E-state index contributed by atoms with van der Waals surface area (Å²) in [6, 6.07) is 11.3. The molecule has 2 aromatic carbocycles. The van der Waals surface area contributed by atoms with Gasteiger partial charge in [-0.15, -0.1) is 0 Å². The monoisotopic (exact) mass is 432 g/mol. The van der Waals surface area contributed by atoms with Crippen LogP contribution in [-0.4, -0.2) is 46.5 Å². The van der Waals surface area contributed by atoms with Crippen molar-refractivity contribution < 1.29 is 13.9 Å². The topological polar surface area (TPSA) is 84.2 Å². The lowest BCUT2D eigenvalue weighted by atomic mass is 9.89. The zero-order valence-corrected chi connectivity index (χ0v) is 18.6. The first-order chi connectivity index (χ1) is 15.6. The summed E-state index contributed by atoms with van der Waals surface area (Å²) in [5.41, 5.74) is 3.94. The van der Waals surface area contributed by atoms with Crippen molar-refractivity contribution >= 4 is 28.0 Å². The number of methoxy groups -OCH3 is 1. The number of aromatic nitrogens is 3. The molecule has 0 aliphatic heterocycles. The highest BCUT2D eigenvalue weighted by Gasteiger charge is 2.22. The molecule has 32 heavy (non-hydrogen) atoms. The van der Waals surface area contributed by atoms with E-state index in [1.807, 2.05) is 43.4 Å². The quantitative estimate of drug-likeness (QED) is 0.460. The number of likely N-dealkylation sites (N-methyl/N-ethyl adjacent to an activating group) is 1. The van der Waals surface area contributed by atoms with Crippen LogP contribution in [0.25, 0.3) is 22.1 Å². The summed E-state index contributed by atoms with van der Waals surface area (Å²) >= 11 is 0. The first-order valence-electron chi connectivity index (χ1n) is 11.3. The van der Waals surface area contributed by atoms with E-state index in [0.29, 0.717) is 30.0 Å². The number of carbonyl (C=O) groups is 1. The number of nitrogens with one attached hydrogen (secondary N) is 1. The molecular weight excluding hydrogens is 404 g/mol. The van der Waals surface area contributed by atoms with Gasteiger partial charge in [0.2, 0.25) is 0 Å². The fourth-order valence-corrected chi connectivity index (χ4v) is 4.48. The van der Waals surface area contributed by atoms with Gasteiger partial charge in [0.15, 0.2) is 11.5 Å². The van der Waals surface area contributed by atoms with Gasteiger partial charge in [-0.05, 0) is 43.2 Å². The molecule has 0 atom stereocenters. The van der Waals surface area contributed by atoms with Gasteiger partial charge in [-0.3, -0.25) is 4.79 Å². The van der Waals surface area contributed by atoms with E-state index in [1.54, 1.807) is 12.0 Å². The Morgan fingerprint density at radius 1 is 1.12 bits per heavy atom. The van der Waals surface area contributed by atoms with Gasteiger partial charge < -0.3 is 19.0 Å². The van der Waals surface area contributed by atoms with E-state index in [1.165, 1.54) is 19.3 Å². The minimum Gasteiger partial charge on any atom is -0.497 e. The predicted octanol–water partition coefficient (Wildman–Crippen LogP) is 5.08. The van der Waals surface area contributed by atoms with Crippen molar-refractivity contribution in [2.75, 3.05) is 20.7 Å². The summed E-state index contributed by atoms with van der Waals surface area (Å²) in [5, 5.41) is 0. The van der Waals surface area contributed by atoms with Crippen LogP contribution in [0.15, 0.2) is 40.8 Å². The Labute approximate surface area is 186 Å². The minimum atomic E-state index is -0.0414. The lowest BCUT2D eigenvalue weighted by Crippen LogP contribution is -2.29. The third-order valence-electron chi connectivity index (χ3n) is 6.38. The van der Waals surface area contributed by atoms with E-state index in [-0.39, 0.29) is 5.91 Å². The van der Waals surface area contributed by atoms with Gasteiger partial charge >= 0.3 is 0 Å². The number of ether oxygens (including phenoxy) is 1. The van der Waals surface area contributed by atoms with E-state index in [2.05, 4.69) is 15.0 Å². The standard InChI is InChI=1S/C25H28N4O3/c1-29(13-12-23-26-19-11-9-18(31-2)15-21(19)27-23)25(30)17-8-10-20-22(14-17)32-24(28-20)16-6-4-3-5-7-16/h8-11,14-16H,3-7,12-13H2,1-2H3,(H,26,27). The van der Waals surface area contributed by atoms with Gasteiger partial charge in [-0.2, -0.15) is 0 Å². The van der Waals surface area contributed by atoms with Crippen molar-refractivity contribution in [1.29, 1.82) is 0 Å². The fourth-order valence-electron chi connectivity index (χ4n) is 4.48. The molecule has 1 aliphatic rings. The number of hydrogen-bond donors (Lipinski definition) is 1. The van der Waals surface area contributed by atoms with Crippen molar-refractivity contribution in [2.24, 2.45) is 0 Å². The molecule has 0 radical (unpaired) electrons. The van der Waals surface area contributed by atoms with Crippen molar-refractivity contribution in [3.63, 3.8) is 0 Å². The summed E-state index contributed by atoms with van der Waals surface area (Å²) in [7, 11) is 3.46. The maximum absolute atomic E-state index is 13.0. The molecule has 4 aromatic rings. The smallest absolute Gasteiger partial charge is 0.253 e. The van der Waals surface area contributed by atoms with Crippen LogP contribution in [0.4, 0.5) is 0 Å². The lowest BCUT2D eigenvalue weighted by molar-refractivity contribution is 0.0796. The number of hydrogen-bond acceptors (Lipinski definition) is 5. The second-order valence-corrected chi connectivity index (χ2v) is 8.61. The summed E-state index contributed by atoms with van der Waals surface area (Å²) < 4.78 is 11.3. The highest BCUT2D eigenvalue weighted by molar-refractivity contribution is 5.96. The molecule has 7 nitrogen and oxygen atoms in total. The Bertz CT molecular complexity index is 1250. The first-order valence-corrected chi connectivity index (χ1v) is 11.3. The van der Waals surface area contributed by atoms with Gasteiger partial charge in [0, 0.05) is 37.6 Å². The number of oxazole rings is 1. The van der Waals surface area contributed by atoms with Crippen LogP contribution in [0.3, 0.4) is 0 Å². The summed E-state index contributed by atoms with van der Waals surface area (Å²) in [6.07, 6.45) is 6.67. The Kier molecular flexibility index (Phi) is 5.55. The number of rotatable bonds is 6. The second kappa shape index (κ2) is 8.65. The average Bonchev–Trinajstić information content (AvgIpc) is 3.45. The van der Waals surface area contributed by atoms with Crippen LogP contribution >= 0.6 is 0 Å². The number of fused-ring (bicyclic) bond motifs is 2. The van der Waals surface area contributed by atoms with Crippen LogP contribution in [0.1, 0.15) is 60.1 Å².